The second-order valence-corrected chi connectivity index (χ2v) is 5.47. The van der Waals surface area contributed by atoms with E-state index in [-0.39, 0.29) is 24.1 Å². The molecule has 0 spiro atoms. The van der Waals surface area contributed by atoms with E-state index in [1.165, 1.54) is 18.2 Å². The van der Waals surface area contributed by atoms with Gasteiger partial charge in [-0.25, -0.2) is 5.43 Å². The Balaban J connectivity index is 1.70. The number of fused-ring (bicyclic) bond motifs is 2. The molecule has 1 heterocycles. The van der Waals surface area contributed by atoms with Crippen molar-refractivity contribution in [3.63, 3.8) is 0 Å². The highest BCUT2D eigenvalue weighted by Gasteiger charge is 2.52. The molecule has 4 N–H and O–H groups in total. The quantitative estimate of drug-likeness (QED) is 0.579. The lowest BCUT2D eigenvalue weighted by Gasteiger charge is -2.33. The largest absolute Gasteiger partial charge is 0.504 e. The number of hydrogen-bond acceptors (Lipinski definition) is 6. The molecule has 0 aromatic heterocycles. The number of methoxy groups -OCH3 is 1. The highest BCUT2D eigenvalue weighted by molar-refractivity contribution is 5.79. The molecule has 2 aliphatic rings. The molecule has 1 aromatic carbocycles. The summed E-state index contributed by atoms with van der Waals surface area (Å²) < 4.78 is 5.01. The van der Waals surface area contributed by atoms with Crippen LogP contribution in [0.25, 0.3) is 0 Å². The lowest BCUT2D eigenvalue weighted by molar-refractivity contribution is -0.143. The molecule has 0 unspecified atom stereocenters. The molecule has 114 valence electrons. The summed E-state index contributed by atoms with van der Waals surface area (Å²) in [6.45, 7) is 0. The number of aliphatic hydroxyl groups excluding tert-OH is 2. The summed E-state index contributed by atoms with van der Waals surface area (Å²) in [5.41, 5.74) is 3.63. The first-order valence-electron chi connectivity index (χ1n) is 6.81. The number of phenolic OH excluding ortho intramolecular Hbond substituents is 1. The second kappa shape index (κ2) is 5.18. The van der Waals surface area contributed by atoms with E-state index in [4.69, 9.17) is 4.74 Å². The van der Waals surface area contributed by atoms with Crippen molar-refractivity contribution in [1.29, 1.82) is 0 Å². The fourth-order valence-corrected chi connectivity index (χ4v) is 3.01. The highest BCUT2D eigenvalue weighted by Crippen LogP contribution is 2.32. The number of hydrazine groups is 1. The molecule has 1 aliphatic carbocycles. The van der Waals surface area contributed by atoms with Gasteiger partial charge in [-0.3, -0.25) is 9.80 Å². The molecule has 2 fully saturated rings. The third-order valence-electron chi connectivity index (χ3n) is 4.16. The minimum Gasteiger partial charge on any atom is -0.504 e. The van der Waals surface area contributed by atoms with Crippen LogP contribution < -0.4 is 10.2 Å². The molecule has 2 bridgehead atoms. The predicted octanol–water partition coefficient (Wildman–Crippen LogP) is -0.847. The zero-order valence-electron chi connectivity index (χ0n) is 11.6. The van der Waals surface area contributed by atoms with Crippen LogP contribution in [0, 0.1) is 0 Å². The Bertz CT molecular complexity index is 562. The molecule has 21 heavy (non-hydrogen) atoms. The molecular weight excluding hydrogens is 276 g/mol. The molecule has 7 heteroatoms. The van der Waals surface area contributed by atoms with Gasteiger partial charge in [0, 0.05) is 0 Å². The Morgan fingerprint density at radius 2 is 2.19 bits per heavy atom. The fourth-order valence-electron chi connectivity index (χ4n) is 3.01. The van der Waals surface area contributed by atoms with E-state index >= 15 is 0 Å². The molecule has 1 saturated carbocycles. The van der Waals surface area contributed by atoms with Crippen LogP contribution in [0.4, 0.5) is 0 Å². The SMILES string of the molecule is COc1cc(CC(=O)N2N[C@@H]3C[C@H]2[C@@H](O)[C@H]3O)ccc1O. The first kappa shape index (κ1) is 14.1. The van der Waals surface area contributed by atoms with E-state index in [2.05, 4.69) is 5.43 Å². The van der Waals surface area contributed by atoms with Gasteiger partial charge in [0.25, 0.3) is 0 Å². The molecule has 7 nitrogen and oxygen atoms in total. The van der Waals surface area contributed by atoms with E-state index in [9.17, 15) is 20.1 Å². The number of nitrogens with zero attached hydrogens (tertiary/aromatic N) is 1. The Hall–Kier alpha value is -1.83. The number of aromatic hydroxyl groups is 1. The van der Waals surface area contributed by atoms with E-state index in [1.54, 1.807) is 12.1 Å². The Kier molecular flexibility index (Phi) is 3.48. The van der Waals surface area contributed by atoms with E-state index < -0.39 is 18.2 Å². The van der Waals surface area contributed by atoms with Crippen LogP contribution >= 0.6 is 0 Å². The summed E-state index contributed by atoms with van der Waals surface area (Å²) in [6, 6.07) is 4.06. The standard InChI is InChI=1S/C14H18N2O5/c1-21-11-4-7(2-3-10(11)17)5-12(18)16-9-6-8(15-16)13(19)14(9)20/h2-4,8-9,13-15,17,19-20H,5-6H2,1H3/t8-,9+,13+,14-/m1/s1. The number of carbonyl (C=O) groups excluding carboxylic acids is 1. The van der Waals surface area contributed by atoms with Crippen LogP contribution in [0.5, 0.6) is 11.5 Å². The van der Waals surface area contributed by atoms with Gasteiger partial charge < -0.3 is 20.1 Å². The maximum absolute atomic E-state index is 12.3. The molecular formula is C14H18N2O5. The summed E-state index contributed by atoms with van der Waals surface area (Å²) in [5, 5.41) is 30.5. The highest BCUT2D eigenvalue weighted by atomic mass is 16.5. The van der Waals surface area contributed by atoms with Gasteiger partial charge in [-0.2, -0.15) is 0 Å². The fraction of sp³-hybridized carbons (Fsp3) is 0.500. The number of hydrogen-bond donors (Lipinski definition) is 4. The average Bonchev–Trinajstić information content (AvgIpc) is 3.02. The second-order valence-electron chi connectivity index (χ2n) is 5.47. The summed E-state index contributed by atoms with van der Waals surface area (Å²) in [4.78, 5) is 12.3. The first-order chi connectivity index (χ1) is 10.0. The van der Waals surface area contributed by atoms with Gasteiger partial charge in [0.1, 0.15) is 6.10 Å². The third kappa shape index (κ3) is 2.33. The van der Waals surface area contributed by atoms with Crippen molar-refractivity contribution >= 4 is 5.91 Å². The zero-order valence-corrected chi connectivity index (χ0v) is 11.6. The summed E-state index contributed by atoms with van der Waals surface area (Å²) in [5.74, 6) is 0.137. The number of nitrogens with one attached hydrogen (secondary N) is 1. The lowest BCUT2D eigenvalue weighted by atomic mass is 10.1. The van der Waals surface area contributed by atoms with Gasteiger partial charge in [0.15, 0.2) is 11.5 Å². The van der Waals surface area contributed by atoms with Crippen molar-refractivity contribution in [2.45, 2.75) is 37.1 Å². The Morgan fingerprint density at radius 3 is 2.81 bits per heavy atom. The number of ether oxygens (including phenoxy) is 1. The molecule has 4 atom stereocenters. The number of rotatable bonds is 3. The average molecular weight is 294 g/mol. The zero-order chi connectivity index (χ0) is 15.1. The minimum atomic E-state index is -0.908. The smallest absolute Gasteiger partial charge is 0.241 e. The molecule has 1 saturated heterocycles. The van der Waals surface area contributed by atoms with Crippen LogP contribution in [0.15, 0.2) is 18.2 Å². The van der Waals surface area contributed by atoms with Gasteiger partial charge in [-0.15, -0.1) is 0 Å². The maximum Gasteiger partial charge on any atom is 0.241 e. The van der Waals surface area contributed by atoms with Crippen molar-refractivity contribution in [3.05, 3.63) is 23.8 Å². The Labute approximate surface area is 121 Å². The molecule has 1 aliphatic heterocycles. The summed E-state index contributed by atoms with van der Waals surface area (Å²) in [7, 11) is 1.44. The van der Waals surface area contributed by atoms with Crippen LogP contribution in [-0.2, 0) is 11.2 Å². The van der Waals surface area contributed by atoms with Crippen LogP contribution in [0.1, 0.15) is 12.0 Å². The summed E-state index contributed by atoms with van der Waals surface area (Å²) in [6.07, 6.45) is -1.06. The van der Waals surface area contributed by atoms with Crippen molar-refractivity contribution < 1.29 is 24.9 Å². The van der Waals surface area contributed by atoms with E-state index in [1.807, 2.05) is 0 Å². The van der Waals surface area contributed by atoms with Crippen molar-refractivity contribution in [2.24, 2.45) is 0 Å². The van der Waals surface area contributed by atoms with Crippen LogP contribution in [-0.4, -0.2) is 57.6 Å². The normalized spacial score (nSPS) is 30.7. The number of aliphatic hydroxyl groups is 2. The van der Waals surface area contributed by atoms with Gasteiger partial charge in [0.2, 0.25) is 5.91 Å². The molecule has 1 amide bonds. The maximum atomic E-state index is 12.3. The molecule has 0 radical (unpaired) electrons. The summed E-state index contributed by atoms with van der Waals surface area (Å²) >= 11 is 0. The van der Waals surface area contributed by atoms with E-state index in [0.29, 0.717) is 17.7 Å². The monoisotopic (exact) mass is 294 g/mol. The van der Waals surface area contributed by atoms with Crippen molar-refractivity contribution in [1.82, 2.24) is 10.4 Å². The first-order valence-corrected chi connectivity index (χ1v) is 6.81. The van der Waals surface area contributed by atoms with Crippen LogP contribution in [0.2, 0.25) is 0 Å². The molecule has 1 aromatic rings. The third-order valence-corrected chi connectivity index (χ3v) is 4.16. The minimum absolute atomic E-state index is 0.0191. The number of benzene rings is 1. The number of carbonyl (C=O) groups is 1. The predicted molar refractivity (Wildman–Crippen MR) is 72.6 cm³/mol. The number of amides is 1. The van der Waals surface area contributed by atoms with Gasteiger partial charge in [-0.1, -0.05) is 6.07 Å². The van der Waals surface area contributed by atoms with Crippen molar-refractivity contribution in [3.8, 4) is 11.5 Å². The van der Waals surface area contributed by atoms with Crippen LogP contribution in [0.3, 0.4) is 0 Å². The topological polar surface area (TPSA) is 102 Å². The van der Waals surface area contributed by atoms with Gasteiger partial charge in [-0.05, 0) is 24.1 Å². The molecule has 3 rings (SSSR count). The van der Waals surface area contributed by atoms with E-state index in [0.717, 1.165) is 0 Å². The van der Waals surface area contributed by atoms with Gasteiger partial charge in [0.05, 0.1) is 31.7 Å². The van der Waals surface area contributed by atoms with Crippen molar-refractivity contribution in [2.75, 3.05) is 7.11 Å². The number of phenols is 1. The lowest BCUT2D eigenvalue weighted by Crippen LogP contribution is -2.58. The Morgan fingerprint density at radius 1 is 1.43 bits per heavy atom. The van der Waals surface area contributed by atoms with Gasteiger partial charge >= 0.3 is 0 Å².